The van der Waals surface area contributed by atoms with Crippen molar-refractivity contribution in [2.45, 2.75) is 18.8 Å². The predicted molar refractivity (Wildman–Crippen MR) is 67.3 cm³/mol. The highest BCUT2D eigenvalue weighted by molar-refractivity contribution is 5.70. The molecule has 0 aliphatic carbocycles. The second kappa shape index (κ2) is 4.18. The molecule has 4 N–H and O–H groups in total. The van der Waals surface area contributed by atoms with Crippen molar-refractivity contribution in [1.29, 1.82) is 0 Å². The summed E-state index contributed by atoms with van der Waals surface area (Å²) < 4.78 is 7.26. The number of ether oxygens (including phenoxy) is 1. The van der Waals surface area contributed by atoms with Crippen LogP contribution in [0.4, 0.5) is 5.95 Å². The third kappa shape index (κ3) is 1.81. The molecule has 0 radical (unpaired) electrons. The average molecular weight is 263 g/mol. The Kier molecular flexibility index (Phi) is 2.61. The molecular weight excluding hydrogens is 250 g/mol. The van der Waals surface area contributed by atoms with Crippen LogP contribution < -0.4 is 11.3 Å². The van der Waals surface area contributed by atoms with E-state index < -0.39 is 11.7 Å². The van der Waals surface area contributed by atoms with Crippen LogP contribution in [0.1, 0.15) is 12.6 Å². The highest BCUT2D eigenvalue weighted by Gasteiger charge is 2.30. The number of rotatable bonds is 2. The van der Waals surface area contributed by atoms with Crippen molar-refractivity contribution in [2.75, 3.05) is 12.3 Å². The van der Waals surface area contributed by atoms with Gasteiger partial charge in [0.15, 0.2) is 11.2 Å². The molecule has 8 heteroatoms. The molecule has 1 aliphatic heterocycles. The normalized spacial score (nSPS) is 23.3. The van der Waals surface area contributed by atoms with E-state index in [1.54, 1.807) is 4.57 Å². The van der Waals surface area contributed by atoms with Gasteiger partial charge in [-0.05, 0) is 5.57 Å². The molecule has 1 aliphatic rings. The number of aromatic nitrogens is 4. The van der Waals surface area contributed by atoms with Crippen molar-refractivity contribution >= 4 is 17.1 Å². The number of H-pyrrole nitrogens is 1. The van der Waals surface area contributed by atoms with Gasteiger partial charge >= 0.3 is 0 Å². The lowest BCUT2D eigenvalue weighted by Gasteiger charge is -2.13. The number of nitrogens with zero attached hydrogens (tertiary/aromatic N) is 3. The molecule has 0 spiro atoms. The van der Waals surface area contributed by atoms with E-state index >= 15 is 0 Å². The molecule has 2 aromatic heterocycles. The second-order valence-electron chi connectivity index (χ2n) is 4.40. The average Bonchev–Trinajstić information content (AvgIpc) is 2.92. The standard InChI is InChI=1S/C11H13N5O3/c1-5-2-7(19-6(5)3-17)16-4-13-8-9(16)14-11(12)15-10(8)18/h4,6-7,17H,1-3H2,(H3,12,14,15,18)/t6-,7-/m0/s1. The van der Waals surface area contributed by atoms with Crippen LogP contribution in [-0.4, -0.2) is 37.3 Å². The summed E-state index contributed by atoms with van der Waals surface area (Å²) in [5, 5.41) is 9.15. The third-order valence-corrected chi connectivity index (χ3v) is 3.14. The van der Waals surface area contributed by atoms with E-state index in [2.05, 4.69) is 21.5 Å². The molecule has 0 saturated carbocycles. The summed E-state index contributed by atoms with van der Waals surface area (Å²) in [6.45, 7) is 3.72. The molecule has 1 saturated heterocycles. The smallest absolute Gasteiger partial charge is 0.280 e. The van der Waals surface area contributed by atoms with Gasteiger partial charge in [0.05, 0.1) is 12.9 Å². The van der Waals surface area contributed by atoms with Gasteiger partial charge in [-0.3, -0.25) is 14.3 Å². The molecule has 19 heavy (non-hydrogen) atoms. The molecule has 1 fully saturated rings. The number of anilines is 1. The van der Waals surface area contributed by atoms with Crippen LogP contribution in [0.2, 0.25) is 0 Å². The Morgan fingerprint density at radius 2 is 2.47 bits per heavy atom. The Morgan fingerprint density at radius 1 is 1.68 bits per heavy atom. The highest BCUT2D eigenvalue weighted by Crippen LogP contribution is 2.32. The lowest BCUT2D eigenvalue weighted by Crippen LogP contribution is -2.16. The second-order valence-corrected chi connectivity index (χ2v) is 4.40. The van der Waals surface area contributed by atoms with Gasteiger partial charge in [0, 0.05) is 6.42 Å². The minimum atomic E-state index is -0.401. The Bertz CT molecular complexity index is 704. The molecule has 8 nitrogen and oxygen atoms in total. The monoisotopic (exact) mass is 263 g/mol. The molecule has 3 heterocycles. The molecule has 0 amide bonds. The van der Waals surface area contributed by atoms with Crippen LogP contribution in [0.3, 0.4) is 0 Å². The van der Waals surface area contributed by atoms with Gasteiger partial charge in [-0.25, -0.2) is 4.98 Å². The van der Waals surface area contributed by atoms with Crippen LogP contribution in [-0.2, 0) is 4.74 Å². The molecule has 100 valence electrons. The summed E-state index contributed by atoms with van der Waals surface area (Å²) >= 11 is 0. The van der Waals surface area contributed by atoms with Gasteiger partial charge in [0.1, 0.15) is 12.3 Å². The summed E-state index contributed by atoms with van der Waals surface area (Å²) in [6.07, 6.45) is 1.22. The number of nitrogens with two attached hydrogens (primary N) is 1. The first-order valence-corrected chi connectivity index (χ1v) is 5.76. The SMILES string of the molecule is C=C1C[C@@H](n2cnc3c(=O)[nH]c(N)nc32)O[C@H]1CO. The van der Waals surface area contributed by atoms with E-state index in [-0.39, 0.29) is 24.3 Å². The first-order valence-electron chi connectivity index (χ1n) is 5.76. The third-order valence-electron chi connectivity index (χ3n) is 3.14. The molecule has 0 bridgehead atoms. The number of nitrogens with one attached hydrogen (secondary N) is 1. The van der Waals surface area contributed by atoms with Crippen LogP contribution in [0, 0.1) is 0 Å². The fraction of sp³-hybridized carbons (Fsp3) is 0.364. The largest absolute Gasteiger partial charge is 0.393 e. The van der Waals surface area contributed by atoms with Crippen LogP contribution in [0.5, 0.6) is 0 Å². The Hall–Kier alpha value is -2.19. The Balaban J connectivity index is 2.07. The van der Waals surface area contributed by atoms with Gasteiger partial charge in [0.25, 0.3) is 5.56 Å². The number of hydrogen-bond acceptors (Lipinski definition) is 6. The summed E-state index contributed by atoms with van der Waals surface area (Å²) in [5.74, 6) is 0.0229. The summed E-state index contributed by atoms with van der Waals surface area (Å²) in [5.41, 5.74) is 6.50. The van der Waals surface area contributed by atoms with Crippen LogP contribution in [0.15, 0.2) is 23.3 Å². The molecule has 0 aromatic carbocycles. The molecule has 2 aromatic rings. The first kappa shape index (κ1) is 11.9. The summed E-state index contributed by atoms with van der Waals surface area (Å²) in [4.78, 5) is 22.1. The van der Waals surface area contributed by atoms with E-state index in [0.29, 0.717) is 12.1 Å². The molecule has 3 rings (SSSR count). The number of aromatic amines is 1. The van der Waals surface area contributed by atoms with Gasteiger partial charge in [-0.15, -0.1) is 0 Å². The van der Waals surface area contributed by atoms with Crippen molar-refractivity contribution in [3.8, 4) is 0 Å². The Labute approximate surface area is 107 Å². The van der Waals surface area contributed by atoms with E-state index in [1.807, 2.05) is 0 Å². The zero-order chi connectivity index (χ0) is 13.6. The number of aliphatic hydroxyl groups excluding tert-OH is 1. The zero-order valence-corrected chi connectivity index (χ0v) is 10.0. The van der Waals surface area contributed by atoms with E-state index in [1.165, 1.54) is 6.33 Å². The summed E-state index contributed by atoms with van der Waals surface area (Å²) in [6, 6.07) is 0. The number of hydrogen-bond donors (Lipinski definition) is 3. The lowest BCUT2D eigenvalue weighted by atomic mass is 10.1. The fourth-order valence-corrected chi connectivity index (χ4v) is 2.18. The number of fused-ring (bicyclic) bond motifs is 1. The van der Waals surface area contributed by atoms with Crippen molar-refractivity contribution in [2.24, 2.45) is 0 Å². The highest BCUT2D eigenvalue weighted by atomic mass is 16.5. The van der Waals surface area contributed by atoms with Crippen LogP contribution >= 0.6 is 0 Å². The lowest BCUT2D eigenvalue weighted by molar-refractivity contribution is -0.0146. The zero-order valence-electron chi connectivity index (χ0n) is 10.0. The quantitative estimate of drug-likeness (QED) is 0.631. The fourth-order valence-electron chi connectivity index (χ4n) is 2.18. The maximum absolute atomic E-state index is 11.7. The van der Waals surface area contributed by atoms with Gasteiger partial charge in [0.2, 0.25) is 5.95 Å². The minimum Gasteiger partial charge on any atom is -0.393 e. The van der Waals surface area contributed by atoms with E-state index in [0.717, 1.165) is 5.57 Å². The van der Waals surface area contributed by atoms with E-state index in [4.69, 9.17) is 15.6 Å². The van der Waals surface area contributed by atoms with Gasteiger partial charge < -0.3 is 15.6 Å². The van der Waals surface area contributed by atoms with Crippen molar-refractivity contribution < 1.29 is 9.84 Å². The maximum atomic E-state index is 11.7. The molecular formula is C11H13N5O3. The molecule has 0 unspecified atom stereocenters. The van der Waals surface area contributed by atoms with Crippen LogP contribution in [0.25, 0.3) is 11.2 Å². The van der Waals surface area contributed by atoms with E-state index in [9.17, 15) is 4.79 Å². The van der Waals surface area contributed by atoms with Crippen molar-refractivity contribution in [3.05, 3.63) is 28.8 Å². The van der Waals surface area contributed by atoms with Gasteiger partial charge in [-0.2, -0.15) is 4.98 Å². The first-order chi connectivity index (χ1) is 9.10. The van der Waals surface area contributed by atoms with Crippen molar-refractivity contribution in [1.82, 2.24) is 19.5 Å². The van der Waals surface area contributed by atoms with Crippen molar-refractivity contribution in [3.63, 3.8) is 0 Å². The predicted octanol–water partition coefficient (Wildman–Crippen LogP) is -0.462. The Morgan fingerprint density at radius 3 is 3.16 bits per heavy atom. The number of aliphatic hydroxyl groups is 1. The number of nitrogen functional groups attached to an aromatic ring is 1. The molecule has 2 atom stereocenters. The summed E-state index contributed by atoms with van der Waals surface area (Å²) in [7, 11) is 0. The van der Waals surface area contributed by atoms with Gasteiger partial charge in [-0.1, -0.05) is 6.58 Å². The minimum absolute atomic E-state index is 0.0229. The number of imidazole rings is 1. The topological polar surface area (TPSA) is 119 Å². The maximum Gasteiger partial charge on any atom is 0.280 e.